The first kappa shape index (κ1) is 45.5. The average molecular weight is 907 g/mol. The Morgan fingerprint density at radius 1 is 0.746 bits per heavy atom. The summed E-state index contributed by atoms with van der Waals surface area (Å²) in [7, 11) is 0. The highest BCUT2D eigenvalue weighted by atomic mass is 16.6. The molecule has 7 aliphatic rings. The van der Waals surface area contributed by atoms with Crippen LogP contribution in [-0.4, -0.2) is 35.8 Å². The molecule has 5 fully saturated rings. The fourth-order valence-electron chi connectivity index (χ4n) is 14.6. The number of ether oxygens (including phenoxy) is 4. The van der Waals surface area contributed by atoms with Crippen LogP contribution < -0.4 is 9.47 Å². The smallest absolute Gasteiger partial charge is 0.321 e. The molecule has 2 aliphatic heterocycles. The standard InChI is InChI=1S/C58H66O9/c1-33(2)7-6-8-34(3)48-22-23-49-43-20-14-37-29-41(25-27-57(37,4)50(43)26-28-58(48,49)5)65-39-17-12-36(13-18-39)51(59)24-11-35-9-15-38(16-10-35)64-40-19-21-42-44(46-32-52(60)66-54(46)61)31-47-53(45(42)30-40)56(63)67-55(47)62/h9-19,21,24,30,33-34,41,43-44,46-50,53H,6-8,20,22-23,25-29,31-32H2,1-5H3/t34-,41?,43?,44?,46?,47?,48-,49?,50?,53?,57+,58-/m1/s1. The first-order chi connectivity index (χ1) is 32.2. The number of fused-ring (bicyclic) bond motifs is 8. The number of hydrogen-bond acceptors (Lipinski definition) is 9. The van der Waals surface area contributed by atoms with E-state index >= 15 is 0 Å². The number of allylic oxidation sites excluding steroid dienone is 2. The molecule has 352 valence electrons. The van der Waals surface area contributed by atoms with E-state index in [1.807, 2.05) is 36.4 Å². The van der Waals surface area contributed by atoms with Gasteiger partial charge in [-0.25, -0.2) is 0 Å². The SMILES string of the molecule is CC(C)CCC[C@@H](C)[C@H]1CCC2C3CC=C4CC(Oc5ccc(C(=O)C=Cc6ccc(Oc7ccc8c(c7)C7C(=O)OC(=O)C7CC8C7CC(=O)OC7=O)cc6)cc5)CC[C@]4(C)C3CC[C@@]21C. The molecule has 3 aromatic carbocycles. The van der Waals surface area contributed by atoms with E-state index in [1.165, 1.54) is 57.8 Å². The predicted molar refractivity (Wildman–Crippen MR) is 254 cm³/mol. The van der Waals surface area contributed by atoms with Crippen LogP contribution in [0.2, 0.25) is 0 Å². The van der Waals surface area contributed by atoms with Crippen molar-refractivity contribution in [2.45, 2.75) is 136 Å². The van der Waals surface area contributed by atoms with E-state index in [1.54, 1.807) is 48.1 Å². The maximum Gasteiger partial charge on any atom is 0.321 e. The van der Waals surface area contributed by atoms with Crippen LogP contribution in [0.15, 0.2) is 84.5 Å². The van der Waals surface area contributed by atoms with Crippen LogP contribution in [0.4, 0.5) is 0 Å². The molecule has 0 bridgehead atoms. The molecule has 67 heavy (non-hydrogen) atoms. The van der Waals surface area contributed by atoms with E-state index in [-0.39, 0.29) is 30.1 Å². The summed E-state index contributed by atoms with van der Waals surface area (Å²) in [6.45, 7) is 12.5. The molecule has 12 atom stereocenters. The predicted octanol–water partition coefficient (Wildman–Crippen LogP) is 12.5. The third-order valence-electron chi connectivity index (χ3n) is 18.1. The second kappa shape index (κ2) is 18.0. The molecule has 8 unspecified atom stereocenters. The molecule has 0 radical (unpaired) electrons. The van der Waals surface area contributed by atoms with Gasteiger partial charge in [-0.15, -0.1) is 0 Å². The molecule has 2 saturated heterocycles. The number of benzene rings is 3. The van der Waals surface area contributed by atoms with Gasteiger partial charge in [0, 0.05) is 12.0 Å². The Morgan fingerprint density at radius 2 is 1.49 bits per heavy atom. The van der Waals surface area contributed by atoms with E-state index in [0.29, 0.717) is 33.6 Å². The Bertz CT molecular complexity index is 2500. The van der Waals surface area contributed by atoms with Crippen molar-refractivity contribution in [3.05, 3.63) is 107 Å². The number of carbonyl (C=O) groups excluding carboxylic acids is 5. The second-order valence-corrected chi connectivity index (χ2v) is 22.2. The zero-order valence-corrected chi connectivity index (χ0v) is 39.8. The lowest BCUT2D eigenvalue weighted by molar-refractivity contribution is -0.155. The molecular weight excluding hydrogens is 841 g/mol. The van der Waals surface area contributed by atoms with Crippen molar-refractivity contribution < 1.29 is 42.9 Å². The molecule has 3 saturated carbocycles. The van der Waals surface area contributed by atoms with Crippen LogP contribution in [0.3, 0.4) is 0 Å². The van der Waals surface area contributed by atoms with E-state index < -0.39 is 47.5 Å². The maximum atomic E-state index is 13.3. The fourth-order valence-corrected chi connectivity index (χ4v) is 14.6. The maximum absolute atomic E-state index is 13.3. The average Bonchev–Trinajstić information content (AvgIpc) is 3.95. The Balaban J connectivity index is 0.732. The molecule has 5 aliphatic carbocycles. The van der Waals surface area contributed by atoms with Crippen LogP contribution >= 0.6 is 0 Å². The van der Waals surface area contributed by atoms with Gasteiger partial charge in [-0.05, 0) is 175 Å². The summed E-state index contributed by atoms with van der Waals surface area (Å²) < 4.78 is 22.6. The summed E-state index contributed by atoms with van der Waals surface area (Å²) in [4.78, 5) is 63.2. The highest BCUT2D eigenvalue weighted by Crippen LogP contribution is 2.67. The summed E-state index contributed by atoms with van der Waals surface area (Å²) in [5, 5.41) is 0. The fraction of sp³-hybridized carbons (Fsp3) is 0.534. The van der Waals surface area contributed by atoms with Gasteiger partial charge < -0.3 is 18.9 Å². The molecule has 3 aromatic rings. The topological polar surface area (TPSA) is 122 Å². The molecule has 0 N–H and O–H groups in total. The number of carbonyl (C=O) groups is 5. The van der Waals surface area contributed by atoms with Gasteiger partial charge >= 0.3 is 23.9 Å². The highest BCUT2D eigenvalue weighted by Gasteiger charge is 2.59. The Kier molecular flexibility index (Phi) is 12.2. The Hall–Kier alpha value is -5.31. The minimum atomic E-state index is -0.812. The lowest BCUT2D eigenvalue weighted by Crippen LogP contribution is -2.51. The number of cyclic esters (lactones) is 4. The van der Waals surface area contributed by atoms with Gasteiger partial charge in [0.05, 0.1) is 24.2 Å². The summed E-state index contributed by atoms with van der Waals surface area (Å²) in [5.41, 5.74) is 5.05. The summed E-state index contributed by atoms with van der Waals surface area (Å²) >= 11 is 0. The van der Waals surface area contributed by atoms with E-state index in [9.17, 15) is 24.0 Å². The van der Waals surface area contributed by atoms with Gasteiger partial charge in [-0.1, -0.05) is 89.8 Å². The van der Waals surface area contributed by atoms with E-state index in [0.717, 1.165) is 59.7 Å². The summed E-state index contributed by atoms with van der Waals surface area (Å²) in [6.07, 6.45) is 20.4. The number of rotatable bonds is 13. The van der Waals surface area contributed by atoms with Crippen molar-refractivity contribution >= 4 is 35.7 Å². The zero-order valence-electron chi connectivity index (χ0n) is 39.8. The Labute approximate surface area is 395 Å². The molecular formula is C58H66O9. The van der Waals surface area contributed by atoms with Crippen molar-refractivity contribution in [2.75, 3.05) is 0 Å². The van der Waals surface area contributed by atoms with Crippen molar-refractivity contribution in [3.63, 3.8) is 0 Å². The van der Waals surface area contributed by atoms with Crippen LogP contribution in [0, 0.1) is 58.2 Å². The summed E-state index contributed by atoms with van der Waals surface area (Å²) in [6, 6.07) is 20.1. The summed E-state index contributed by atoms with van der Waals surface area (Å²) in [5.74, 6) is 1.39. The largest absolute Gasteiger partial charge is 0.490 e. The van der Waals surface area contributed by atoms with Crippen LogP contribution in [0.5, 0.6) is 17.2 Å². The minimum Gasteiger partial charge on any atom is -0.490 e. The Morgan fingerprint density at radius 3 is 2.24 bits per heavy atom. The van der Waals surface area contributed by atoms with Crippen LogP contribution in [0.25, 0.3) is 6.08 Å². The minimum absolute atomic E-state index is 0.0757. The quantitative estimate of drug-likeness (QED) is 0.0542. The molecule has 0 spiro atoms. The third-order valence-corrected chi connectivity index (χ3v) is 18.1. The third kappa shape index (κ3) is 8.51. The van der Waals surface area contributed by atoms with Crippen molar-refractivity contribution in [3.8, 4) is 17.2 Å². The number of esters is 4. The highest BCUT2D eigenvalue weighted by molar-refractivity contribution is 6.07. The van der Waals surface area contributed by atoms with Crippen molar-refractivity contribution in [2.24, 2.45) is 58.2 Å². The first-order valence-electron chi connectivity index (χ1n) is 25.3. The van der Waals surface area contributed by atoms with Crippen molar-refractivity contribution in [1.29, 1.82) is 0 Å². The van der Waals surface area contributed by atoms with Gasteiger partial charge in [0.25, 0.3) is 0 Å². The number of hydrogen-bond donors (Lipinski definition) is 0. The van der Waals surface area contributed by atoms with Crippen LogP contribution in [0.1, 0.15) is 157 Å². The van der Waals surface area contributed by atoms with Crippen molar-refractivity contribution in [1.82, 2.24) is 0 Å². The van der Waals surface area contributed by atoms with E-state index in [2.05, 4.69) is 40.7 Å². The van der Waals surface area contributed by atoms with E-state index in [4.69, 9.17) is 18.9 Å². The first-order valence-corrected chi connectivity index (χ1v) is 25.3. The molecule has 9 heteroatoms. The lowest BCUT2D eigenvalue weighted by atomic mass is 9.47. The number of ketones is 1. The zero-order chi connectivity index (χ0) is 46.8. The van der Waals surface area contributed by atoms with Gasteiger partial charge in [-0.2, -0.15) is 0 Å². The lowest BCUT2D eigenvalue weighted by Gasteiger charge is -2.58. The van der Waals surface area contributed by atoms with Crippen LogP contribution in [-0.2, 0) is 28.7 Å². The molecule has 10 rings (SSSR count). The monoisotopic (exact) mass is 906 g/mol. The molecule has 2 heterocycles. The van der Waals surface area contributed by atoms with Gasteiger partial charge in [-0.3, -0.25) is 24.0 Å². The van der Waals surface area contributed by atoms with Gasteiger partial charge in [0.2, 0.25) is 0 Å². The second-order valence-electron chi connectivity index (χ2n) is 22.2. The molecule has 0 amide bonds. The van der Waals surface area contributed by atoms with Gasteiger partial charge in [0.15, 0.2) is 5.78 Å². The normalized spacial score (nSPS) is 33.5. The molecule has 9 nitrogen and oxygen atoms in total. The van der Waals surface area contributed by atoms with Gasteiger partial charge in [0.1, 0.15) is 23.4 Å². The molecule has 0 aromatic heterocycles.